The van der Waals surface area contributed by atoms with Crippen molar-refractivity contribution in [1.82, 2.24) is 29.1 Å². The predicted octanol–water partition coefficient (Wildman–Crippen LogP) is 2.25. The zero-order chi connectivity index (χ0) is 18.3. The zero-order valence-electron chi connectivity index (χ0n) is 14.6. The number of hydrogen-bond donors (Lipinski definition) is 1. The molecule has 0 saturated heterocycles. The van der Waals surface area contributed by atoms with Gasteiger partial charge in [-0.15, -0.1) is 5.10 Å². The minimum Gasteiger partial charge on any atom is -0.504 e. The number of aryl methyl sites for hydroxylation is 3. The summed E-state index contributed by atoms with van der Waals surface area (Å²) in [7, 11) is 1.90. The highest BCUT2D eigenvalue weighted by Gasteiger charge is 2.11. The summed E-state index contributed by atoms with van der Waals surface area (Å²) in [6.07, 6.45) is 1.93. The van der Waals surface area contributed by atoms with Crippen molar-refractivity contribution in [1.29, 1.82) is 0 Å². The maximum absolute atomic E-state index is 9.97. The van der Waals surface area contributed by atoms with Crippen LogP contribution in [-0.2, 0) is 7.05 Å². The molecule has 26 heavy (non-hydrogen) atoms. The second-order valence-corrected chi connectivity index (χ2v) is 5.96. The molecular formula is C19H16N6O. The van der Waals surface area contributed by atoms with Crippen molar-refractivity contribution < 1.29 is 5.11 Å². The van der Waals surface area contributed by atoms with Crippen LogP contribution in [0.2, 0.25) is 0 Å². The SMILES string of the molecule is Cc1nc2nc(C#Cc3nc(-c4ccccc4)cn3C)nn2c(C)c1O. The van der Waals surface area contributed by atoms with Crippen molar-refractivity contribution in [3.8, 4) is 28.8 Å². The second-order valence-electron chi connectivity index (χ2n) is 5.96. The Kier molecular flexibility index (Phi) is 3.66. The van der Waals surface area contributed by atoms with Gasteiger partial charge in [-0.3, -0.25) is 0 Å². The van der Waals surface area contributed by atoms with Gasteiger partial charge in [-0.1, -0.05) is 30.3 Å². The summed E-state index contributed by atoms with van der Waals surface area (Å²) in [6.45, 7) is 3.48. The average Bonchev–Trinajstić information content (AvgIpc) is 3.22. The van der Waals surface area contributed by atoms with Crippen molar-refractivity contribution in [2.75, 3.05) is 0 Å². The smallest absolute Gasteiger partial charge is 0.253 e. The van der Waals surface area contributed by atoms with Gasteiger partial charge in [-0.2, -0.15) is 9.50 Å². The Morgan fingerprint density at radius 1 is 1.00 bits per heavy atom. The van der Waals surface area contributed by atoms with Gasteiger partial charge in [0.1, 0.15) is 0 Å². The van der Waals surface area contributed by atoms with Crippen LogP contribution < -0.4 is 0 Å². The van der Waals surface area contributed by atoms with Crippen LogP contribution in [0.5, 0.6) is 5.75 Å². The normalized spacial score (nSPS) is 10.7. The van der Waals surface area contributed by atoms with Gasteiger partial charge in [-0.25, -0.2) is 9.97 Å². The lowest BCUT2D eigenvalue weighted by Crippen LogP contribution is -1.99. The molecule has 0 aliphatic rings. The molecule has 0 saturated carbocycles. The second kappa shape index (κ2) is 6.01. The molecule has 0 atom stereocenters. The Morgan fingerprint density at radius 3 is 2.54 bits per heavy atom. The number of fused-ring (bicyclic) bond motifs is 1. The van der Waals surface area contributed by atoms with Crippen LogP contribution in [0.3, 0.4) is 0 Å². The van der Waals surface area contributed by atoms with E-state index in [4.69, 9.17) is 0 Å². The van der Waals surface area contributed by atoms with Crippen molar-refractivity contribution in [2.24, 2.45) is 7.05 Å². The molecule has 0 fully saturated rings. The van der Waals surface area contributed by atoms with Crippen LogP contribution >= 0.6 is 0 Å². The number of benzene rings is 1. The topological polar surface area (TPSA) is 81.1 Å². The molecule has 0 unspecified atom stereocenters. The lowest BCUT2D eigenvalue weighted by atomic mass is 10.2. The fraction of sp³-hybridized carbons (Fsp3) is 0.158. The summed E-state index contributed by atoms with van der Waals surface area (Å²) in [4.78, 5) is 13.1. The molecule has 0 radical (unpaired) electrons. The van der Waals surface area contributed by atoms with E-state index < -0.39 is 0 Å². The number of rotatable bonds is 1. The number of imidazole rings is 1. The third-order valence-corrected chi connectivity index (χ3v) is 4.09. The van der Waals surface area contributed by atoms with E-state index in [9.17, 15) is 5.11 Å². The van der Waals surface area contributed by atoms with Gasteiger partial charge in [0.2, 0.25) is 5.82 Å². The van der Waals surface area contributed by atoms with Crippen LogP contribution in [0.4, 0.5) is 0 Å². The Labute approximate surface area is 150 Å². The Hall–Kier alpha value is -3.66. The summed E-state index contributed by atoms with van der Waals surface area (Å²) >= 11 is 0. The van der Waals surface area contributed by atoms with Crippen molar-refractivity contribution in [3.05, 3.63) is 59.6 Å². The molecule has 4 aromatic rings. The van der Waals surface area contributed by atoms with E-state index in [1.165, 1.54) is 4.52 Å². The lowest BCUT2D eigenvalue weighted by Gasteiger charge is -2.02. The number of aromatic hydroxyl groups is 1. The Bertz CT molecular complexity index is 1180. The Balaban J connectivity index is 1.71. The molecule has 3 heterocycles. The molecule has 0 spiro atoms. The molecule has 0 bridgehead atoms. The molecule has 128 valence electrons. The summed E-state index contributed by atoms with van der Waals surface area (Å²) in [5.41, 5.74) is 2.99. The molecule has 3 aromatic heterocycles. The van der Waals surface area contributed by atoms with Crippen LogP contribution in [-0.4, -0.2) is 34.2 Å². The predicted molar refractivity (Wildman–Crippen MR) is 96.5 cm³/mol. The van der Waals surface area contributed by atoms with Crippen LogP contribution in [0.1, 0.15) is 23.0 Å². The third-order valence-electron chi connectivity index (χ3n) is 4.09. The molecule has 1 N–H and O–H groups in total. The largest absolute Gasteiger partial charge is 0.504 e. The van der Waals surface area contributed by atoms with Crippen LogP contribution in [0.15, 0.2) is 36.5 Å². The minimum atomic E-state index is 0.110. The fourth-order valence-corrected chi connectivity index (χ4v) is 2.66. The molecule has 0 amide bonds. The van der Waals surface area contributed by atoms with Crippen molar-refractivity contribution in [3.63, 3.8) is 0 Å². The highest BCUT2D eigenvalue weighted by molar-refractivity contribution is 5.59. The maximum atomic E-state index is 9.97. The van der Waals surface area contributed by atoms with Gasteiger partial charge in [-0.05, 0) is 25.7 Å². The third kappa shape index (κ3) is 2.67. The van der Waals surface area contributed by atoms with Crippen LogP contribution in [0, 0.1) is 25.7 Å². The number of aromatic nitrogens is 6. The molecule has 0 aliphatic carbocycles. The van der Waals surface area contributed by atoms with E-state index in [-0.39, 0.29) is 5.75 Å². The maximum Gasteiger partial charge on any atom is 0.253 e. The van der Waals surface area contributed by atoms with Gasteiger partial charge in [0, 0.05) is 18.8 Å². The molecule has 7 heteroatoms. The summed E-state index contributed by atoms with van der Waals surface area (Å²) < 4.78 is 3.35. The average molecular weight is 344 g/mol. The fourth-order valence-electron chi connectivity index (χ4n) is 2.66. The van der Waals surface area contributed by atoms with E-state index in [2.05, 4.69) is 31.9 Å². The number of nitrogens with zero attached hydrogens (tertiary/aromatic N) is 6. The van der Waals surface area contributed by atoms with E-state index >= 15 is 0 Å². The van der Waals surface area contributed by atoms with Gasteiger partial charge < -0.3 is 9.67 Å². The van der Waals surface area contributed by atoms with Gasteiger partial charge in [0.05, 0.1) is 17.1 Å². The first-order chi connectivity index (χ1) is 12.5. The Morgan fingerprint density at radius 2 is 1.77 bits per heavy atom. The van der Waals surface area contributed by atoms with Crippen molar-refractivity contribution in [2.45, 2.75) is 13.8 Å². The first-order valence-corrected chi connectivity index (χ1v) is 8.06. The van der Waals surface area contributed by atoms with E-state index in [1.54, 1.807) is 13.8 Å². The molecular weight excluding hydrogens is 328 g/mol. The van der Waals surface area contributed by atoms with Crippen molar-refractivity contribution >= 4 is 5.78 Å². The quantitative estimate of drug-likeness (QED) is 0.536. The van der Waals surface area contributed by atoms with Gasteiger partial charge in [0.25, 0.3) is 5.78 Å². The van der Waals surface area contributed by atoms with Gasteiger partial charge >= 0.3 is 0 Å². The van der Waals surface area contributed by atoms with E-state index in [0.29, 0.717) is 28.8 Å². The lowest BCUT2D eigenvalue weighted by molar-refractivity contribution is 0.456. The first kappa shape index (κ1) is 15.8. The summed E-state index contributed by atoms with van der Waals surface area (Å²) in [5, 5.41) is 14.3. The highest BCUT2D eigenvalue weighted by Crippen LogP contribution is 2.20. The zero-order valence-corrected chi connectivity index (χ0v) is 14.6. The highest BCUT2D eigenvalue weighted by atomic mass is 16.3. The molecule has 4 rings (SSSR count). The number of hydrogen-bond acceptors (Lipinski definition) is 5. The standard InChI is InChI=1S/C19H16N6O/c1-12-18(26)13(2)25-19(20-12)22-16(23-25)9-10-17-21-15(11-24(17)3)14-7-5-4-6-8-14/h4-8,11,26H,1-3H3. The van der Waals surface area contributed by atoms with Gasteiger partial charge in [0.15, 0.2) is 11.6 Å². The first-order valence-electron chi connectivity index (χ1n) is 8.06. The van der Waals surface area contributed by atoms with Crippen LogP contribution in [0.25, 0.3) is 17.0 Å². The van der Waals surface area contributed by atoms with E-state index in [0.717, 1.165) is 11.3 Å². The minimum absolute atomic E-state index is 0.110. The molecule has 7 nitrogen and oxygen atoms in total. The monoisotopic (exact) mass is 344 g/mol. The molecule has 1 aromatic carbocycles. The van der Waals surface area contributed by atoms with E-state index in [1.807, 2.05) is 48.1 Å². The summed E-state index contributed by atoms with van der Waals surface area (Å²) in [5.74, 6) is 7.39. The summed E-state index contributed by atoms with van der Waals surface area (Å²) in [6, 6.07) is 9.93. The molecule has 0 aliphatic heterocycles.